The molecular weight excluding hydrogens is 447 g/mol. The Kier molecular flexibility index (Phi) is 6.70. The van der Waals surface area contributed by atoms with E-state index in [1.54, 1.807) is 0 Å². The zero-order valence-corrected chi connectivity index (χ0v) is 17.0. The molecule has 1 aromatic carbocycles. The van der Waals surface area contributed by atoms with Crippen LogP contribution in [0, 0.1) is 17.0 Å². The van der Waals surface area contributed by atoms with Crippen LogP contribution < -0.4 is 15.5 Å². The first-order valence-corrected chi connectivity index (χ1v) is 9.33. The van der Waals surface area contributed by atoms with Gasteiger partial charge in [0.1, 0.15) is 5.69 Å². The summed E-state index contributed by atoms with van der Waals surface area (Å²) in [5.41, 5.74) is -1.14. The number of rotatable bonds is 7. The van der Waals surface area contributed by atoms with Gasteiger partial charge >= 0.3 is 6.18 Å². The van der Waals surface area contributed by atoms with Gasteiger partial charge in [0, 0.05) is 36.1 Å². The van der Waals surface area contributed by atoms with Crippen LogP contribution in [0.5, 0.6) is 5.88 Å². The smallest absolute Gasteiger partial charge is 0.422 e. The van der Waals surface area contributed by atoms with E-state index >= 15 is 0 Å². The third-order valence-electron chi connectivity index (χ3n) is 4.29. The maximum atomic E-state index is 12.6. The summed E-state index contributed by atoms with van der Waals surface area (Å²) in [6.45, 7) is -0.377. The Balaban J connectivity index is 1.86. The summed E-state index contributed by atoms with van der Waals surface area (Å²) in [6, 6.07) is 9.58. The highest BCUT2D eigenvalue weighted by molar-refractivity contribution is 5.92. The van der Waals surface area contributed by atoms with Gasteiger partial charge in [-0.25, -0.2) is 9.67 Å². The number of aryl methyl sites for hydroxylation is 1. The van der Waals surface area contributed by atoms with E-state index in [9.17, 15) is 32.9 Å². The fourth-order valence-corrected chi connectivity index (χ4v) is 2.84. The zero-order valence-electron chi connectivity index (χ0n) is 17.0. The number of ether oxygens (including phenoxy) is 1. The summed E-state index contributed by atoms with van der Waals surface area (Å²) in [5.74, 6) is -1.26. The van der Waals surface area contributed by atoms with Crippen molar-refractivity contribution in [1.82, 2.24) is 20.1 Å². The molecule has 0 spiro atoms. The van der Waals surface area contributed by atoms with Gasteiger partial charge in [0.05, 0.1) is 4.92 Å². The zero-order chi connectivity index (χ0) is 24.2. The second-order valence-electron chi connectivity index (χ2n) is 6.71. The van der Waals surface area contributed by atoms with E-state index in [1.807, 2.05) is 0 Å². The minimum Gasteiger partial charge on any atom is -0.468 e. The Bertz CT molecular complexity index is 1260. The van der Waals surface area contributed by atoms with E-state index in [2.05, 4.69) is 20.1 Å². The lowest BCUT2D eigenvalue weighted by Crippen LogP contribution is -2.32. The summed E-state index contributed by atoms with van der Waals surface area (Å²) in [5, 5.41) is 17.7. The maximum absolute atomic E-state index is 12.6. The van der Waals surface area contributed by atoms with Crippen LogP contribution in [0.4, 0.5) is 18.9 Å². The number of para-hydroxylation sites is 2. The number of halogens is 3. The van der Waals surface area contributed by atoms with Gasteiger partial charge in [0.2, 0.25) is 11.3 Å². The van der Waals surface area contributed by atoms with Gasteiger partial charge in [-0.1, -0.05) is 18.2 Å². The number of hydrogen-bond donors (Lipinski definition) is 1. The molecule has 0 fully saturated rings. The molecule has 0 radical (unpaired) electrons. The number of hydrogen-bond acceptors (Lipinski definition) is 7. The largest absolute Gasteiger partial charge is 0.468 e. The lowest BCUT2D eigenvalue weighted by atomic mass is 10.2. The molecule has 2 heterocycles. The van der Waals surface area contributed by atoms with Gasteiger partial charge in [0.25, 0.3) is 11.6 Å². The highest BCUT2D eigenvalue weighted by atomic mass is 19.4. The Morgan fingerprint density at radius 3 is 2.67 bits per heavy atom. The van der Waals surface area contributed by atoms with Gasteiger partial charge in [-0.05, 0) is 19.1 Å². The van der Waals surface area contributed by atoms with Gasteiger partial charge in [-0.2, -0.15) is 18.3 Å². The van der Waals surface area contributed by atoms with Crippen LogP contribution in [0.2, 0.25) is 0 Å². The number of carbonyl (C=O) groups is 1. The number of aromatic nitrogens is 3. The minimum atomic E-state index is -4.57. The fraction of sp³-hybridized carbons (Fsp3) is 0.200. The molecule has 0 aliphatic rings. The van der Waals surface area contributed by atoms with Crippen molar-refractivity contribution < 1.29 is 27.6 Å². The van der Waals surface area contributed by atoms with Crippen molar-refractivity contribution in [3.63, 3.8) is 0 Å². The molecule has 0 bridgehead atoms. The van der Waals surface area contributed by atoms with E-state index in [4.69, 9.17) is 0 Å². The first-order chi connectivity index (χ1) is 15.6. The van der Waals surface area contributed by atoms with Crippen LogP contribution in [0.1, 0.15) is 21.7 Å². The quantitative estimate of drug-likeness (QED) is 0.421. The van der Waals surface area contributed by atoms with E-state index in [1.165, 1.54) is 49.5 Å². The number of nitrogens with zero attached hydrogens (tertiary/aromatic N) is 4. The van der Waals surface area contributed by atoms with Crippen LogP contribution in [0.15, 0.2) is 53.5 Å². The van der Waals surface area contributed by atoms with Crippen molar-refractivity contribution >= 4 is 11.6 Å². The van der Waals surface area contributed by atoms with E-state index in [0.717, 1.165) is 10.7 Å². The third kappa shape index (κ3) is 5.70. The predicted octanol–water partition coefficient (Wildman–Crippen LogP) is 2.72. The summed E-state index contributed by atoms with van der Waals surface area (Å²) < 4.78 is 43.0. The molecule has 10 nitrogen and oxygen atoms in total. The van der Waals surface area contributed by atoms with Crippen molar-refractivity contribution in [2.75, 3.05) is 6.61 Å². The van der Waals surface area contributed by atoms with Crippen LogP contribution in [0.3, 0.4) is 0 Å². The fourth-order valence-electron chi connectivity index (χ4n) is 2.84. The summed E-state index contributed by atoms with van der Waals surface area (Å²) in [4.78, 5) is 39.4. The number of nitro groups is 1. The monoisotopic (exact) mass is 463 g/mol. The summed E-state index contributed by atoms with van der Waals surface area (Å²) >= 11 is 0. The molecule has 1 N–H and O–H groups in total. The van der Waals surface area contributed by atoms with E-state index in [0.29, 0.717) is 0 Å². The van der Waals surface area contributed by atoms with Crippen LogP contribution >= 0.6 is 0 Å². The van der Waals surface area contributed by atoms with Crippen molar-refractivity contribution in [3.05, 3.63) is 86.0 Å². The third-order valence-corrected chi connectivity index (χ3v) is 4.29. The van der Waals surface area contributed by atoms with Gasteiger partial charge in [0.15, 0.2) is 12.3 Å². The number of nitro benzene ring substituents is 1. The maximum Gasteiger partial charge on any atom is 0.422 e. The molecule has 0 atom stereocenters. The Morgan fingerprint density at radius 2 is 1.97 bits per heavy atom. The number of alkyl halides is 3. The number of benzene rings is 1. The molecule has 33 heavy (non-hydrogen) atoms. The first-order valence-electron chi connectivity index (χ1n) is 9.33. The van der Waals surface area contributed by atoms with Gasteiger partial charge < -0.3 is 10.1 Å². The Labute approximate surface area is 183 Å². The van der Waals surface area contributed by atoms with Crippen molar-refractivity contribution in [2.45, 2.75) is 19.6 Å². The lowest BCUT2D eigenvalue weighted by Gasteiger charge is -2.13. The molecule has 172 valence electrons. The highest BCUT2D eigenvalue weighted by Gasteiger charge is 2.29. The SMILES string of the molecule is Cc1cc(=O)c(C(=O)NCc2cccnc2OCC(F)(F)F)nn1-c1ccccc1[N+](=O)[O-]. The Morgan fingerprint density at radius 1 is 1.24 bits per heavy atom. The molecule has 0 aliphatic heterocycles. The van der Waals surface area contributed by atoms with Crippen molar-refractivity contribution in [2.24, 2.45) is 0 Å². The normalized spacial score (nSPS) is 11.2. The predicted molar refractivity (Wildman–Crippen MR) is 108 cm³/mol. The second-order valence-corrected chi connectivity index (χ2v) is 6.71. The van der Waals surface area contributed by atoms with Gasteiger partial charge in [-0.3, -0.25) is 19.7 Å². The van der Waals surface area contributed by atoms with E-state index in [-0.39, 0.29) is 35.1 Å². The molecule has 3 aromatic rings. The molecule has 3 rings (SSSR count). The first kappa shape index (κ1) is 23.4. The van der Waals surface area contributed by atoms with Crippen LogP contribution in [0.25, 0.3) is 5.69 Å². The molecular formula is C20H16F3N5O5. The topological polar surface area (TPSA) is 129 Å². The number of carbonyl (C=O) groups excluding carboxylic acids is 1. The molecule has 0 aliphatic carbocycles. The van der Waals surface area contributed by atoms with E-state index < -0.39 is 34.7 Å². The second kappa shape index (κ2) is 9.46. The Hall–Kier alpha value is -4.29. The molecule has 2 aromatic heterocycles. The molecule has 0 saturated carbocycles. The minimum absolute atomic E-state index is 0.0455. The highest BCUT2D eigenvalue weighted by Crippen LogP contribution is 2.22. The van der Waals surface area contributed by atoms with Gasteiger partial charge in [-0.15, -0.1) is 0 Å². The average molecular weight is 463 g/mol. The molecule has 13 heteroatoms. The number of pyridine rings is 1. The average Bonchev–Trinajstić information content (AvgIpc) is 2.76. The van der Waals surface area contributed by atoms with Crippen LogP contribution in [-0.2, 0) is 6.54 Å². The standard InChI is InChI=1S/C20H16F3N5O5/c1-12-9-16(29)17(26-27(12)14-6-2-3-7-15(14)28(31)32)18(30)25-10-13-5-4-8-24-19(13)33-11-20(21,22)23/h2-9H,10-11H2,1H3,(H,25,30). The molecule has 0 saturated heterocycles. The number of amides is 1. The molecule has 1 amide bonds. The summed E-state index contributed by atoms with van der Waals surface area (Å²) in [6.07, 6.45) is -3.35. The van der Waals surface area contributed by atoms with Crippen molar-refractivity contribution in [1.29, 1.82) is 0 Å². The van der Waals surface area contributed by atoms with Crippen LogP contribution in [-0.4, -0.2) is 38.4 Å². The van der Waals surface area contributed by atoms with Crippen molar-refractivity contribution in [3.8, 4) is 11.6 Å². The molecule has 0 unspecified atom stereocenters. The summed E-state index contributed by atoms with van der Waals surface area (Å²) in [7, 11) is 0. The number of nitrogens with one attached hydrogen (secondary N) is 1. The lowest BCUT2D eigenvalue weighted by molar-refractivity contribution is -0.384.